The van der Waals surface area contributed by atoms with Crippen molar-refractivity contribution < 1.29 is 4.79 Å². The molecule has 0 unspecified atom stereocenters. The van der Waals surface area contributed by atoms with Gasteiger partial charge in [-0.15, -0.1) is 0 Å². The average molecular weight is 370 g/mol. The van der Waals surface area contributed by atoms with E-state index in [2.05, 4.69) is 20.3 Å². The molecular weight excluding hydrogens is 348 g/mol. The van der Waals surface area contributed by atoms with Crippen LogP contribution in [0, 0.1) is 0 Å². The maximum absolute atomic E-state index is 12.0. The van der Waals surface area contributed by atoms with Crippen LogP contribution < -0.4 is 5.32 Å². The van der Waals surface area contributed by atoms with Crippen molar-refractivity contribution in [2.45, 2.75) is 25.8 Å². The quantitative estimate of drug-likeness (QED) is 0.510. The minimum absolute atomic E-state index is 0.0669. The van der Waals surface area contributed by atoms with Crippen LogP contribution in [0.3, 0.4) is 0 Å². The SMILES string of the molecule is O=C(CCCc1ccccn1)NCc1ccc(-c2nc3ccccc3[nH]2)cc1. The first-order chi connectivity index (χ1) is 13.8. The fourth-order valence-electron chi connectivity index (χ4n) is 3.14. The van der Waals surface area contributed by atoms with Gasteiger partial charge in [-0.2, -0.15) is 0 Å². The summed E-state index contributed by atoms with van der Waals surface area (Å²) in [5.41, 5.74) is 5.11. The number of nitrogens with one attached hydrogen (secondary N) is 2. The maximum Gasteiger partial charge on any atom is 0.220 e. The van der Waals surface area contributed by atoms with E-state index in [0.29, 0.717) is 13.0 Å². The highest BCUT2D eigenvalue weighted by atomic mass is 16.1. The van der Waals surface area contributed by atoms with E-state index in [0.717, 1.165) is 46.5 Å². The van der Waals surface area contributed by atoms with E-state index < -0.39 is 0 Å². The summed E-state index contributed by atoms with van der Waals surface area (Å²) in [6, 6.07) is 21.9. The Morgan fingerprint density at radius 3 is 2.57 bits per heavy atom. The van der Waals surface area contributed by atoms with E-state index in [-0.39, 0.29) is 5.91 Å². The molecule has 0 aliphatic carbocycles. The summed E-state index contributed by atoms with van der Waals surface area (Å²) in [5, 5.41) is 2.98. The lowest BCUT2D eigenvalue weighted by atomic mass is 10.1. The number of nitrogens with zero attached hydrogens (tertiary/aromatic N) is 2. The third-order valence-corrected chi connectivity index (χ3v) is 4.67. The topological polar surface area (TPSA) is 70.7 Å². The van der Waals surface area contributed by atoms with Crippen LogP contribution in [0.4, 0.5) is 0 Å². The predicted octanol–water partition coefficient (Wildman–Crippen LogP) is 4.26. The fraction of sp³-hybridized carbons (Fsp3) is 0.174. The molecule has 2 N–H and O–H groups in total. The number of hydrogen-bond donors (Lipinski definition) is 2. The van der Waals surface area contributed by atoms with Gasteiger partial charge in [-0.3, -0.25) is 9.78 Å². The smallest absolute Gasteiger partial charge is 0.220 e. The number of rotatable bonds is 7. The number of H-pyrrole nitrogens is 1. The van der Waals surface area contributed by atoms with Crippen molar-refractivity contribution in [2.24, 2.45) is 0 Å². The lowest BCUT2D eigenvalue weighted by Crippen LogP contribution is -2.22. The number of carbonyl (C=O) groups is 1. The van der Waals surface area contributed by atoms with Crippen LogP contribution in [0.15, 0.2) is 72.9 Å². The molecule has 0 aliphatic rings. The molecule has 4 aromatic rings. The summed E-state index contributed by atoms with van der Waals surface area (Å²) < 4.78 is 0. The van der Waals surface area contributed by atoms with Crippen molar-refractivity contribution in [1.82, 2.24) is 20.3 Å². The minimum Gasteiger partial charge on any atom is -0.352 e. The van der Waals surface area contributed by atoms with E-state index in [1.54, 1.807) is 6.20 Å². The number of aryl methyl sites for hydroxylation is 1. The van der Waals surface area contributed by atoms with Crippen LogP contribution >= 0.6 is 0 Å². The van der Waals surface area contributed by atoms with E-state index in [1.165, 1.54) is 0 Å². The van der Waals surface area contributed by atoms with Crippen molar-refractivity contribution in [3.63, 3.8) is 0 Å². The molecule has 0 spiro atoms. The van der Waals surface area contributed by atoms with Crippen molar-refractivity contribution in [1.29, 1.82) is 0 Å². The summed E-state index contributed by atoms with van der Waals surface area (Å²) in [5.74, 6) is 0.920. The van der Waals surface area contributed by atoms with Crippen LogP contribution in [0.2, 0.25) is 0 Å². The number of para-hydroxylation sites is 2. The Bertz CT molecular complexity index is 1020. The molecule has 4 rings (SSSR count). The third kappa shape index (κ3) is 4.43. The zero-order valence-corrected chi connectivity index (χ0v) is 15.6. The number of hydrogen-bond acceptors (Lipinski definition) is 3. The molecule has 28 heavy (non-hydrogen) atoms. The Kier molecular flexibility index (Phi) is 5.43. The van der Waals surface area contributed by atoms with E-state index in [1.807, 2.05) is 66.7 Å². The van der Waals surface area contributed by atoms with Gasteiger partial charge in [-0.25, -0.2) is 4.98 Å². The van der Waals surface area contributed by atoms with Gasteiger partial charge in [0, 0.05) is 30.4 Å². The number of pyridine rings is 1. The second-order valence-corrected chi connectivity index (χ2v) is 6.75. The molecule has 2 aromatic heterocycles. The highest BCUT2D eigenvalue weighted by Gasteiger charge is 2.06. The number of imidazole rings is 1. The number of amides is 1. The molecule has 0 bridgehead atoms. The van der Waals surface area contributed by atoms with E-state index in [9.17, 15) is 4.79 Å². The number of aromatic amines is 1. The second-order valence-electron chi connectivity index (χ2n) is 6.75. The molecule has 5 nitrogen and oxygen atoms in total. The van der Waals surface area contributed by atoms with Gasteiger partial charge in [-0.1, -0.05) is 42.5 Å². The zero-order valence-electron chi connectivity index (χ0n) is 15.6. The molecular formula is C23H22N4O. The summed E-state index contributed by atoms with van der Waals surface area (Å²) in [6.07, 6.45) is 3.91. The third-order valence-electron chi connectivity index (χ3n) is 4.67. The number of fused-ring (bicyclic) bond motifs is 1. The first kappa shape index (κ1) is 17.9. The van der Waals surface area contributed by atoms with Crippen LogP contribution in [-0.2, 0) is 17.8 Å². The number of benzene rings is 2. The van der Waals surface area contributed by atoms with Gasteiger partial charge in [0.1, 0.15) is 5.82 Å². The average Bonchev–Trinajstić information content (AvgIpc) is 3.18. The van der Waals surface area contributed by atoms with Gasteiger partial charge in [0.15, 0.2) is 0 Å². The summed E-state index contributed by atoms with van der Waals surface area (Å²) in [6.45, 7) is 0.531. The summed E-state index contributed by atoms with van der Waals surface area (Å²) >= 11 is 0. The number of carbonyl (C=O) groups excluding carboxylic acids is 1. The lowest BCUT2D eigenvalue weighted by Gasteiger charge is -2.06. The molecule has 0 aliphatic heterocycles. The summed E-state index contributed by atoms with van der Waals surface area (Å²) in [4.78, 5) is 24.3. The van der Waals surface area contributed by atoms with Gasteiger partial charge in [-0.05, 0) is 42.7 Å². The monoisotopic (exact) mass is 370 g/mol. The fourth-order valence-corrected chi connectivity index (χ4v) is 3.14. The molecule has 140 valence electrons. The molecule has 0 saturated heterocycles. The van der Waals surface area contributed by atoms with Crippen LogP contribution in [0.5, 0.6) is 0 Å². The van der Waals surface area contributed by atoms with Crippen LogP contribution in [0.1, 0.15) is 24.1 Å². The summed E-state index contributed by atoms with van der Waals surface area (Å²) in [7, 11) is 0. The maximum atomic E-state index is 12.0. The Morgan fingerprint density at radius 1 is 0.964 bits per heavy atom. The molecule has 0 radical (unpaired) electrons. The van der Waals surface area contributed by atoms with Gasteiger partial charge < -0.3 is 10.3 Å². The van der Waals surface area contributed by atoms with Crippen molar-refractivity contribution in [3.05, 3.63) is 84.2 Å². The van der Waals surface area contributed by atoms with Gasteiger partial charge in [0.25, 0.3) is 0 Å². The Balaban J connectivity index is 1.27. The van der Waals surface area contributed by atoms with Crippen molar-refractivity contribution >= 4 is 16.9 Å². The van der Waals surface area contributed by atoms with Crippen LogP contribution in [-0.4, -0.2) is 20.9 Å². The standard InChI is InChI=1S/C23H22N4O/c28-22(10-5-7-19-6-3-4-15-24-19)25-16-17-11-13-18(14-12-17)23-26-20-8-1-2-9-21(20)27-23/h1-4,6,8-9,11-15H,5,7,10,16H2,(H,25,28)(H,26,27). The first-order valence-electron chi connectivity index (χ1n) is 9.48. The van der Waals surface area contributed by atoms with Gasteiger partial charge in [0.05, 0.1) is 11.0 Å². The zero-order chi connectivity index (χ0) is 19.2. The highest BCUT2D eigenvalue weighted by molar-refractivity contribution is 5.79. The van der Waals surface area contributed by atoms with Gasteiger partial charge >= 0.3 is 0 Å². The Hall–Kier alpha value is -3.47. The molecule has 5 heteroatoms. The molecule has 2 heterocycles. The largest absolute Gasteiger partial charge is 0.352 e. The highest BCUT2D eigenvalue weighted by Crippen LogP contribution is 2.20. The van der Waals surface area contributed by atoms with E-state index >= 15 is 0 Å². The lowest BCUT2D eigenvalue weighted by molar-refractivity contribution is -0.121. The molecule has 0 fully saturated rings. The van der Waals surface area contributed by atoms with Crippen molar-refractivity contribution in [3.8, 4) is 11.4 Å². The predicted molar refractivity (Wildman–Crippen MR) is 111 cm³/mol. The first-order valence-corrected chi connectivity index (χ1v) is 9.48. The normalized spacial score (nSPS) is 10.9. The van der Waals surface area contributed by atoms with E-state index in [4.69, 9.17) is 0 Å². The Morgan fingerprint density at radius 2 is 1.79 bits per heavy atom. The molecule has 0 atom stereocenters. The molecule has 1 amide bonds. The Labute approximate surface area is 163 Å². The number of aromatic nitrogens is 3. The second kappa shape index (κ2) is 8.48. The van der Waals surface area contributed by atoms with Crippen LogP contribution in [0.25, 0.3) is 22.4 Å². The molecule has 2 aromatic carbocycles. The molecule has 0 saturated carbocycles. The van der Waals surface area contributed by atoms with Crippen molar-refractivity contribution in [2.75, 3.05) is 0 Å². The van der Waals surface area contributed by atoms with Gasteiger partial charge in [0.2, 0.25) is 5.91 Å². The minimum atomic E-state index is 0.0669.